The maximum Gasteiger partial charge on any atom is 0.191 e. The molecule has 0 atom stereocenters. The van der Waals surface area contributed by atoms with Crippen LogP contribution < -0.4 is 10.6 Å². The molecule has 0 saturated carbocycles. The zero-order chi connectivity index (χ0) is 13.3. The van der Waals surface area contributed by atoms with Gasteiger partial charge in [-0.3, -0.25) is 4.99 Å². The van der Waals surface area contributed by atoms with Crippen molar-refractivity contribution in [2.75, 3.05) is 27.2 Å². The number of guanidine groups is 1. The van der Waals surface area contributed by atoms with Crippen molar-refractivity contribution >= 4 is 5.96 Å². The van der Waals surface area contributed by atoms with E-state index in [1.165, 1.54) is 12.8 Å². The van der Waals surface area contributed by atoms with Crippen LogP contribution in [0, 0.1) is 0 Å². The van der Waals surface area contributed by atoms with E-state index in [0.717, 1.165) is 19.0 Å². The Morgan fingerprint density at radius 3 is 2.29 bits per heavy atom. The summed E-state index contributed by atoms with van der Waals surface area (Å²) in [6.45, 7) is 10.8. The second-order valence-electron chi connectivity index (χ2n) is 5.08. The molecule has 4 nitrogen and oxygen atoms in total. The van der Waals surface area contributed by atoms with Crippen LogP contribution in [0.3, 0.4) is 0 Å². The largest absolute Gasteiger partial charge is 0.356 e. The fraction of sp³-hybridized carbons (Fsp3) is 0.923. The number of nitrogens with zero attached hydrogens (tertiary/aromatic N) is 2. The highest BCUT2D eigenvalue weighted by Crippen LogP contribution is 1.97. The molecule has 0 aromatic carbocycles. The highest BCUT2D eigenvalue weighted by atomic mass is 15.2. The average molecular weight is 242 g/mol. The topological polar surface area (TPSA) is 39.7 Å². The minimum atomic E-state index is 0.424. The third-order valence-corrected chi connectivity index (χ3v) is 2.76. The van der Waals surface area contributed by atoms with Crippen LogP contribution in [0.4, 0.5) is 0 Å². The van der Waals surface area contributed by atoms with Crippen molar-refractivity contribution in [2.45, 2.75) is 52.6 Å². The van der Waals surface area contributed by atoms with Crippen LogP contribution in [0.1, 0.15) is 40.5 Å². The molecule has 4 heteroatoms. The van der Waals surface area contributed by atoms with Gasteiger partial charge in [0.1, 0.15) is 0 Å². The molecular weight excluding hydrogens is 212 g/mol. The Labute approximate surface area is 107 Å². The lowest BCUT2D eigenvalue weighted by atomic mass is 10.2. The molecule has 0 aliphatic carbocycles. The van der Waals surface area contributed by atoms with Crippen LogP contribution in [0.25, 0.3) is 0 Å². The number of nitrogens with one attached hydrogen (secondary N) is 2. The summed E-state index contributed by atoms with van der Waals surface area (Å²) in [5.41, 5.74) is 0. The van der Waals surface area contributed by atoms with Crippen molar-refractivity contribution < 1.29 is 0 Å². The number of rotatable bonds is 7. The molecule has 0 aromatic heterocycles. The molecule has 102 valence electrons. The molecule has 2 N–H and O–H groups in total. The Balaban J connectivity index is 3.56. The van der Waals surface area contributed by atoms with Gasteiger partial charge in [-0.2, -0.15) is 0 Å². The second kappa shape index (κ2) is 9.28. The van der Waals surface area contributed by atoms with E-state index in [2.05, 4.69) is 55.3 Å². The fourth-order valence-electron chi connectivity index (χ4n) is 1.42. The minimum absolute atomic E-state index is 0.424. The number of unbranched alkanes of at least 4 members (excludes halogenated alkanes) is 1. The van der Waals surface area contributed by atoms with Crippen LogP contribution in [-0.2, 0) is 0 Å². The summed E-state index contributed by atoms with van der Waals surface area (Å²) in [4.78, 5) is 6.55. The Morgan fingerprint density at radius 1 is 1.18 bits per heavy atom. The summed E-state index contributed by atoms with van der Waals surface area (Å²) >= 11 is 0. The summed E-state index contributed by atoms with van der Waals surface area (Å²) in [5.74, 6) is 0.900. The Morgan fingerprint density at radius 2 is 1.82 bits per heavy atom. The first-order valence-corrected chi connectivity index (χ1v) is 6.64. The van der Waals surface area contributed by atoms with E-state index < -0.39 is 0 Å². The Kier molecular flexibility index (Phi) is 8.86. The summed E-state index contributed by atoms with van der Waals surface area (Å²) in [7, 11) is 3.99. The van der Waals surface area contributed by atoms with E-state index in [9.17, 15) is 0 Å². The first kappa shape index (κ1) is 16.2. The van der Waals surface area contributed by atoms with Gasteiger partial charge in [-0.1, -0.05) is 0 Å². The normalized spacial score (nSPS) is 12.6. The maximum atomic E-state index is 4.17. The highest BCUT2D eigenvalue weighted by Gasteiger charge is 2.02. The van der Waals surface area contributed by atoms with Crippen molar-refractivity contribution in [3.8, 4) is 0 Å². The van der Waals surface area contributed by atoms with Gasteiger partial charge in [-0.25, -0.2) is 0 Å². The standard InChI is InChI=1S/C13H30N4/c1-11(2)16-13(14-5)15-9-7-8-10-17(6)12(3)4/h11-12H,7-10H2,1-6H3,(H2,14,15,16). The van der Waals surface area contributed by atoms with Gasteiger partial charge in [-0.05, 0) is 54.1 Å². The molecule has 0 radical (unpaired) electrons. The van der Waals surface area contributed by atoms with Gasteiger partial charge in [0, 0.05) is 25.7 Å². The van der Waals surface area contributed by atoms with Gasteiger partial charge in [0.15, 0.2) is 5.96 Å². The molecule has 0 unspecified atom stereocenters. The van der Waals surface area contributed by atoms with Crippen LogP contribution in [0.2, 0.25) is 0 Å². The van der Waals surface area contributed by atoms with E-state index in [1.807, 2.05) is 7.05 Å². The fourth-order valence-corrected chi connectivity index (χ4v) is 1.42. The molecule has 0 aliphatic rings. The molecule has 0 aliphatic heterocycles. The molecule has 0 spiro atoms. The van der Waals surface area contributed by atoms with E-state index >= 15 is 0 Å². The monoisotopic (exact) mass is 242 g/mol. The Bertz CT molecular complexity index is 211. The Hall–Kier alpha value is -0.770. The van der Waals surface area contributed by atoms with Gasteiger partial charge in [0.2, 0.25) is 0 Å². The molecule has 0 rings (SSSR count). The predicted molar refractivity (Wildman–Crippen MR) is 76.6 cm³/mol. The molecule has 17 heavy (non-hydrogen) atoms. The summed E-state index contributed by atoms with van der Waals surface area (Å²) in [6.07, 6.45) is 2.40. The highest BCUT2D eigenvalue weighted by molar-refractivity contribution is 5.79. The number of hydrogen-bond acceptors (Lipinski definition) is 2. The molecule has 0 aromatic rings. The van der Waals surface area contributed by atoms with Crippen molar-refractivity contribution in [1.82, 2.24) is 15.5 Å². The van der Waals surface area contributed by atoms with Crippen LogP contribution in [-0.4, -0.2) is 50.1 Å². The zero-order valence-corrected chi connectivity index (χ0v) is 12.4. The lowest BCUT2D eigenvalue weighted by Gasteiger charge is -2.21. The molecular formula is C13H30N4. The number of hydrogen-bond donors (Lipinski definition) is 2. The van der Waals surface area contributed by atoms with Crippen LogP contribution in [0.5, 0.6) is 0 Å². The van der Waals surface area contributed by atoms with Crippen LogP contribution >= 0.6 is 0 Å². The molecule has 0 bridgehead atoms. The average Bonchev–Trinajstić information content (AvgIpc) is 2.25. The van der Waals surface area contributed by atoms with Gasteiger partial charge in [-0.15, -0.1) is 0 Å². The van der Waals surface area contributed by atoms with Gasteiger partial charge < -0.3 is 15.5 Å². The van der Waals surface area contributed by atoms with Gasteiger partial charge in [0.25, 0.3) is 0 Å². The zero-order valence-electron chi connectivity index (χ0n) is 12.4. The molecule has 0 heterocycles. The molecule has 0 fully saturated rings. The van der Waals surface area contributed by atoms with E-state index in [1.54, 1.807) is 0 Å². The van der Waals surface area contributed by atoms with Crippen molar-refractivity contribution in [3.63, 3.8) is 0 Å². The van der Waals surface area contributed by atoms with Crippen LogP contribution in [0.15, 0.2) is 4.99 Å². The van der Waals surface area contributed by atoms with Gasteiger partial charge in [0.05, 0.1) is 0 Å². The van der Waals surface area contributed by atoms with Crippen molar-refractivity contribution in [3.05, 3.63) is 0 Å². The molecule has 0 saturated heterocycles. The summed E-state index contributed by atoms with van der Waals surface area (Å²) in [5, 5.41) is 6.60. The molecule has 0 amide bonds. The first-order chi connectivity index (χ1) is 7.97. The lowest BCUT2D eigenvalue weighted by Crippen LogP contribution is -2.41. The maximum absolute atomic E-state index is 4.17. The third kappa shape index (κ3) is 8.98. The smallest absolute Gasteiger partial charge is 0.191 e. The summed E-state index contributed by atoms with van der Waals surface area (Å²) < 4.78 is 0. The van der Waals surface area contributed by atoms with E-state index in [0.29, 0.717) is 12.1 Å². The SMILES string of the molecule is CN=C(NCCCCN(C)C(C)C)NC(C)C. The van der Waals surface area contributed by atoms with Crippen molar-refractivity contribution in [2.24, 2.45) is 4.99 Å². The van der Waals surface area contributed by atoms with Crippen molar-refractivity contribution in [1.29, 1.82) is 0 Å². The second-order valence-corrected chi connectivity index (χ2v) is 5.08. The van der Waals surface area contributed by atoms with E-state index in [-0.39, 0.29) is 0 Å². The first-order valence-electron chi connectivity index (χ1n) is 6.64. The quantitative estimate of drug-likeness (QED) is 0.405. The lowest BCUT2D eigenvalue weighted by molar-refractivity contribution is 0.268. The van der Waals surface area contributed by atoms with Gasteiger partial charge >= 0.3 is 0 Å². The predicted octanol–water partition coefficient (Wildman–Crippen LogP) is 1.68. The van der Waals surface area contributed by atoms with E-state index in [4.69, 9.17) is 0 Å². The number of aliphatic imine (C=N–C) groups is 1. The summed E-state index contributed by atoms with van der Waals surface area (Å²) in [6, 6.07) is 1.06. The third-order valence-electron chi connectivity index (χ3n) is 2.76. The minimum Gasteiger partial charge on any atom is -0.356 e.